The zero-order valence-electron chi connectivity index (χ0n) is 11.6. The molecule has 0 spiro atoms. The topological polar surface area (TPSA) is 44.9 Å². The summed E-state index contributed by atoms with van der Waals surface area (Å²) in [4.78, 5) is 14.9. The van der Waals surface area contributed by atoms with Crippen molar-refractivity contribution in [3.63, 3.8) is 0 Å². The van der Waals surface area contributed by atoms with Gasteiger partial charge in [0.2, 0.25) is 5.91 Å². The predicted octanol–water partition coefficient (Wildman–Crippen LogP) is 2.75. The van der Waals surface area contributed by atoms with E-state index in [0.717, 1.165) is 17.5 Å². The number of hydrogen-bond acceptors (Lipinski definition) is 1. The van der Waals surface area contributed by atoms with Crippen LogP contribution in [0.4, 0.5) is 0 Å². The summed E-state index contributed by atoms with van der Waals surface area (Å²) < 4.78 is 0. The molecule has 0 radical (unpaired) electrons. The number of benzene rings is 1. The van der Waals surface area contributed by atoms with Crippen molar-refractivity contribution in [3.8, 4) is 0 Å². The molecule has 0 saturated heterocycles. The second-order valence-corrected chi connectivity index (χ2v) is 5.48. The van der Waals surface area contributed by atoms with Crippen molar-refractivity contribution >= 4 is 5.91 Å². The minimum atomic E-state index is 0.0851. The van der Waals surface area contributed by atoms with Gasteiger partial charge in [0.15, 0.2) is 0 Å². The van der Waals surface area contributed by atoms with Crippen molar-refractivity contribution in [2.75, 3.05) is 0 Å². The third kappa shape index (κ3) is 3.10. The van der Waals surface area contributed by atoms with Crippen molar-refractivity contribution in [1.29, 1.82) is 0 Å². The summed E-state index contributed by atoms with van der Waals surface area (Å²) in [5, 5.41) is 2.95. The molecule has 104 valence electrons. The van der Waals surface area contributed by atoms with Gasteiger partial charge in [0.25, 0.3) is 0 Å². The second kappa shape index (κ2) is 5.95. The van der Waals surface area contributed by atoms with Crippen molar-refractivity contribution in [2.45, 2.75) is 38.6 Å². The number of rotatable bonds is 4. The number of carbonyl (C=O) groups excluding carboxylic acids is 1. The van der Waals surface area contributed by atoms with Gasteiger partial charge in [0.1, 0.15) is 0 Å². The van der Waals surface area contributed by atoms with Crippen molar-refractivity contribution in [1.82, 2.24) is 10.3 Å². The summed E-state index contributed by atoms with van der Waals surface area (Å²) in [6.45, 7) is 0.591. The summed E-state index contributed by atoms with van der Waals surface area (Å²) in [6, 6.07) is 8.48. The van der Waals surface area contributed by atoms with Crippen LogP contribution in [0.25, 0.3) is 0 Å². The Morgan fingerprint density at radius 2 is 1.95 bits per heavy atom. The van der Waals surface area contributed by atoms with Gasteiger partial charge in [0.05, 0.1) is 6.42 Å². The summed E-state index contributed by atoms with van der Waals surface area (Å²) >= 11 is 0. The first-order valence-corrected chi connectivity index (χ1v) is 7.30. The number of carbonyl (C=O) groups is 1. The fraction of sp³-hybridized carbons (Fsp3) is 0.353. The molecule has 3 heteroatoms. The molecule has 2 N–H and O–H groups in total. The lowest BCUT2D eigenvalue weighted by atomic mass is 9.90. The van der Waals surface area contributed by atoms with Crippen molar-refractivity contribution in [3.05, 3.63) is 58.9 Å². The lowest BCUT2D eigenvalue weighted by molar-refractivity contribution is -0.120. The molecule has 1 aromatic heterocycles. The molecule has 1 amide bonds. The molecule has 1 aliphatic rings. The summed E-state index contributed by atoms with van der Waals surface area (Å²) in [5.74, 6) is 0.0851. The highest BCUT2D eigenvalue weighted by molar-refractivity contribution is 5.78. The van der Waals surface area contributed by atoms with Gasteiger partial charge in [0, 0.05) is 18.9 Å². The minimum Gasteiger partial charge on any atom is -0.367 e. The number of aromatic amines is 1. The maximum absolute atomic E-state index is 12.0. The molecule has 1 heterocycles. The van der Waals surface area contributed by atoms with E-state index in [1.165, 1.54) is 30.4 Å². The Balaban J connectivity index is 1.58. The largest absolute Gasteiger partial charge is 0.367 e. The van der Waals surface area contributed by atoms with Gasteiger partial charge in [-0.1, -0.05) is 18.2 Å². The predicted molar refractivity (Wildman–Crippen MR) is 79.4 cm³/mol. The molecule has 0 saturated carbocycles. The van der Waals surface area contributed by atoms with Crippen LogP contribution in [0.15, 0.2) is 36.7 Å². The highest BCUT2D eigenvalue weighted by Crippen LogP contribution is 2.22. The van der Waals surface area contributed by atoms with E-state index in [2.05, 4.69) is 28.5 Å². The average Bonchev–Trinajstić information content (AvgIpc) is 2.98. The molecule has 0 aliphatic heterocycles. The van der Waals surface area contributed by atoms with E-state index in [1.807, 2.05) is 18.5 Å². The smallest absolute Gasteiger partial charge is 0.224 e. The Bertz CT molecular complexity index is 587. The minimum absolute atomic E-state index is 0.0851. The van der Waals surface area contributed by atoms with Crippen LogP contribution < -0.4 is 5.32 Å². The van der Waals surface area contributed by atoms with Gasteiger partial charge in [-0.05, 0) is 54.0 Å². The third-order valence-corrected chi connectivity index (χ3v) is 3.93. The van der Waals surface area contributed by atoms with E-state index in [-0.39, 0.29) is 5.91 Å². The number of fused-ring (bicyclic) bond motifs is 1. The van der Waals surface area contributed by atoms with Gasteiger partial charge in [-0.15, -0.1) is 0 Å². The molecule has 2 aromatic rings. The van der Waals surface area contributed by atoms with Gasteiger partial charge in [-0.25, -0.2) is 0 Å². The number of hydrogen-bond donors (Lipinski definition) is 2. The van der Waals surface area contributed by atoms with Crippen LogP contribution in [-0.4, -0.2) is 10.9 Å². The molecule has 0 atom stereocenters. The Morgan fingerprint density at radius 1 is 1.10 bits per heavy atom. The Kier molecular flexibility index (Phi) is 3.86. The molecular formula is C17H20N2O. The van der Waals surface area contributed by atoms with Gasteiger partial charge in [-0.2, -0.15) is 0 Å². The first-order valence-electron chi connectivity index (χ1n) is 7.30. The summed E-state index contributed by atoms with van der Waals surface area (Å²) in [5.41, 5.74) is 5.13. The standard InChI is InChI=1S/C17H20N2O/c20-17(19-12-14-7-8-18-11-14)10-13-5-6-15-3-1-2-4-16(15)9-13/h5-9,11,18H,1-4,10,12H2,(H,19,20). The fourth-order valence-corrected chi connectivity index (χ4v) is 2.81. The Labute approximate surface area is 119 Å². The number of amides is 1. The van der Waals surface area contributed by atoms with E-state index in [1.54, 1.807) is 0 Å². The average molecular weight is 268 g/mol. The fourth-order valence-electron chi connectivity index (χ4n) is 2.81. The number of aryl methyl sites for hydroxylation is 2. The zero-order valence-corrected chi connectivity index (χ0v) is 11.6. The first-order chi connectivity index (χ1) is 9.81. The first kappa shape index (κ1) is 13.0. The number of nitrogens with one attached hydrogen (secondary N) is 2. The van der Waals surface area contributed by atoms with E-state index >= 15 is 0 Å². The molecule has 3 rings (SSSR count). The van der Waals surface area contributed by atoms with Crippen molar-refractivity contribution < 1.29 is 4.79 Å². The lowest BCUT2D eigenvalue weighted by Gasteiger charge is -2.16. The normalized spacial score (nSPS) is 13.8. The highest BCUT2D eigenvalue weighted by atomic mass is 16.1. The number of H-pyrrole nitrogens is 1. The molecule has 3 nitrogen and oxygen atoms in total. The van der Waals surface area contributed by atoms with Crippen LogP contribution in [0, 0.1) is 0 Å². The summed E-state index contributed by atoms with van der Waals surface area (Å²) in [6.07, 6.45) is 9.16. The van der Waals surface area contributed by atoms with Crippen LogP contribution in [-0.2, 0) is 30.6 Å². The van der Waals surface area contributed by atoms with Crippen molar-refractivity contribution in [2.24, 2.45) is 0 Å². The zero-order chi connectivity index (χ0) is 13.8. The van der Waals surface area contributed by atoms with E-state index in [0.29, 0.717) is 13.0 Å². The van der Waals surface area contributed by atoms with Crippen LogP contribution in [0.5, 0.6) is 0 Å². The Hall–Kier alpha value is -2.03. The van der Waals surface area contributed by atoms with E-state index in [4.69, 9.17) is 0 Å². The van der Waals surface area contributed by atoms with Crippen LogP contribution in [0.3, 0.4) is 0 Å². The van der Waals surface area contributed by atoms with Crippen LogP contribution in [0.1, 0.15) is 35.1 Å². The van der Waals surface area contributed by atoms with E-state index < -0.39 is 0 Å². The molecule has 20 heavy (non-hydrogen) atoms. The monoisotopic (exact) mass is 268 g/mol. The molecule has 1 aliphatic carbocycles. The van der Waals surface area contributed by atoms with Gasteiger partial charge < -0.3 is 10.3 Å². The molecular weight excluding hydrogens is 248 g/mol. The Morgan fingerprint density at radius 3 is 2.75 bits per heavy atom. The lowest BCUT2D eigenvalue weighted by Crippen LogP contribution is -2.24. The molecule has 0 unspecified atom stereocenters. The van der Waals surface area contributed by atoms with E-state index in [9.17, 15) is 4.79 Å². The maximum atomic E-state index is 12.0. The quantitative estimate of drug-likeness (QED) is 0.880. The van der Waals surface area contributed by atoms with Crippen LogP contribution in [0.2, 0.25) is 0 Å². The summed E-state index contributed by atoms with van der Waals surface area (Å²) in [7, 11) is 0. The molecule has 0 bridgehead atoms. The highest BCUT2D eigenvalue weighted by Gasteiger charge is 2.11. The maximum Gasteiger partial charge on any atom is 0.224 e. The SMILES string of the molecule is O=C(Cc1ccc2c(c1)CCCC2)NCc1cc[nH]c1. The van der Waals surface area contributed by atoms with Crippen LogP contribution >= 0.6 is 0 Å². The van der Waals surface area contributed by atoms with Gasteiger partial charge >= 0.3 is 0 Å². The second-order valence-electron chi connectivity index (χ2n) is 5.48. The molecule has 1 aromatic carbocycles. The van der Waals surface area contributed by atoms with Gasteiger partial charge in [-0.3, -0.25) is 4.79 Å². The third-order valence-electron chi connectivity index (χ3n) is 3.93. The molecule has 0 fully saturated rings. The number of aromatic nitrogens is 1.